The van der Waals surface area contributed by atoms with E-state index in [1.54, 1.807) is 18.2 Å². The highest BCUT2D eigenvalue weighted by Crippen LogP contribution is 2.27. The smallest absolute Gasteiger partial charge is 0.241 e. The molecule has 21 heavy (non-hydrogen) atoms. The number of hydrogen-bond donors (Lipinski definition) is 3. The van der Waals surface area contributed by atoms with Gasteiger partial charge in [0.15, 0.2) is 0 Å². The maximum absolute atomic E-state index is 12.4. The van der Waals surface area contributed by atoms with Crippen LogP contribution in [0, 0.1) is 0 Å². The maximum atomic E-state index is 12.4. The largest absolute Gasteiger partial charge is 0.494 e. The van der Waals surface area contributed by atoms with Crippen LogP contribution in [0.1, 0.15) is 19.8 Å². The second kappa shape index (κ2) is 6.78. The quantitative estimate of drug-likeness (QED) is 0.707. The van der Waals surface area contributed by atoms with Gasteiger partial charge in [0.05, 0.1) is 25.4 Å². The Kier molecular flexibility index (Phi) is 5.03. The van der Waals surface area contributed by atoms with Crippen molar-refractivity contribution in [1.29, 1.82) is 0 Å². The molecule has 0 radical (unpaired) electrons. The van der Waals surface area contributed by atoms with E-state index in [4.69, 9.17) is 10.5 Å². The van der Waals surface area contributed by atoms with Gasteiger partial charge in [0.1, 0.15) is 5.75 Å². The molecule has 6 nitrogen and oxygen atoms in total. The van der Waals surface area contributed by atoms with Crippen LogP contribution in [-0.2, 0) is 4.79 Å². The van der Waals surface area contributed by atoms with Crippen LogP contribution in [-0.4, -0.2) is 48.3 Å². The fraction of sp³-hybridized carbons (Fsp3) is 0.533. The Bertz CT molecular complexity index is 507. The molecule has 1 aromatic carbocycles. The van der Waals surface area contributed by atoms with Crippen molar-refractivity contribution in [3.63, 3.8) is 0 Å². The minimum Gasteiger partial charge on any atom is -0.494 e. The highest BCUT2D eigenvalue weighted by atomic mass is 16.5. The summed E-state index contributed by atoms with van der Waals surface area (Å²) in [6.07, 6.45) is 1.94. The number of nitrogens with one attached hydrogen (secondary N) is 1. The lowest BCUT2D eigenvalue weighted by atomic mass is 10.2. The van der Waals surface area contributed by atoms with E-state index in [1.165, 1.54) is 7.11 Å². The molecule has 1 amide bonds. The van der Waals surface area contributed by atoms with Gasteiger partial charge >= 0.3 is 0 Å². The molecular weight excluding hydrogens is 270 g/mol. The summed E-state index contributed by atoms with van der Waals surface area (Å²) >= 11 is 0. The fourth-order valence-electron chi connectivity index (χ4n) is 2.76. The van der Waals surface area contributed by atoms with E-state index in [9.17, 15) is 9.90 Å². The second-order valence-corrected chi connectivity index (χ2v) is 5.34. The van der Waals surface area contributed by atoms with Crippen LogP contribution in [0.2, 0.25) is 0 Å². The molecule has 0 spiro atoms. The summed E-state index contributed by atoms with van der Waals surface area (Å²) in [5.41, 5.74) is 6.88. The predicted octanol–water partition coefficient (Wildman–Crippen LogP) is 1.06. The van der Waals surface area contributed by atoms with Gasteiger partial charge in [-0.1, -0.05) is 0 Å². The Morgan fingerprint density at radius 1 is 1.62 bits per heavy atom. The highest BCUT2D eigenvalue weighted by molar-refractivity contribution is 5.96. The molecule has 1 aliphatic rings. The molecule has 2 atom stereocenters. The molecule has 0 bridgehead atoms. The number of ether oxygens (including phenoxy) is 1. The Hall–Kier alpha value is -1.79. The standard InChI is InChI=1S/C15H23N3O3/c1-10(18-7-3-4-12(18)9-19)15(20)17-13-6-5-11(16)8-14(13)21-2/h5-6,8,10,12,19H,3-4,7,9,16H2,1-2H3,(H,17,20). The number of methoxy groups -OCH3 is 1. The number of likely N-dealkylation sites (tertiary alicyclic amines) is 1. The number of nitrogens with two attached hydrogens (primary N) is 1. The second-order valence-electron chi connectivity index (χ2n) is 5.34. The number of aliphatic hydroxyl groups is 1. The highest BCUT2D eigenvalue weighted by Gasteiger charge is 2.31. The monoisotopic (exact) mass is 293 g/mol. The van der Waals surface area contributed by atoms with Crippen molar-refractivity contribution in [1.82, 2.24) is 4.90 Å². The third kappa shape index (κ3) is 3.46. The molecular formula is C15H23N3O3. The van der Waals surface area contributed by atoms with Gasteiger partial charge in [-0.25, -0.2) is 0 Å². The van der Waals surface area contributed by atoms with Crippen LogP contribution in [0.4, 0.5) is 11.4 Å². The van der Waals surface area contributed by atoms with Crippen LogP contribution in [0.5, 0.6) is 5.75 Å². The number of rotatable bonds is 5. The van der Waals surface area contributed by atoms with E-state index in [0.717, 1.165) is 19.4 Å². The Morgan fingerprint density at radius 2 is 2.38 bits per heavy atom. The number of nitrogens with zero attached hydrogens (tertiary/aromatic N) is 1. The molecule has 0 saturated carbocycles. The SMILES string of the molecule is COc1cc(N)ccc1NC(=O)C(C)N1CCCC1CO. The molecule has 2 rings (SSSR count). The molecule has 1 fully saturated rings. The van der Waals surface area contributed by atoms with Crippen molar-refractivity contribution in [2.45, 2.75) is 31.8 Å². The van der Waals surface area contributed by atoms with E-state index >= 15 is 0 Å². The number of benzene rings is 1. The van der Waals surface area contributed by atoms with Gasteiger partial charge in [-0.05, 0) is 38.4 Å². The molecule has 6 heteroatoms. The first-order chi connectivity index (χ1) is 10.1. The number of anilines is 2. The first kappa shape index (κ1) is 15.6. The molecule has 4 N–H and O–H groups in total. The average molecular weight is 293 g/mol. The van der Waals surface area contributed by atoms with Crippen LogP contribution in [0.25, 0.3) is 0 Å². The Labute approximate surface area is 124 Å². The number of carbonyl (C=O) groups is 1. The van der Waals surface area contributed by atoms with Crippen molar-refractivity contribution in [3.05, 3.63) is 18.2 Å². The predicted molar refractivity (Wildman–Crippen MR) is 82.3 cm³/mol. The van der Waals surface area contributed by atoms with E-state index in [-0.39, 0.29) is 24.6 Å². The molecule has 1 aliphatic heterocycles. The van der Waals surface area contributed by atoms with Crippen molar-refractivity contribution in [2.75, 3.05) is 31.3 Å². The zero-order chi connectivity index (χ0) is 15.4. The van der Waals surface area contributed by atoms with E-state index in [1.807, 2.05) is 11.8 Å². The van der Waals surface area contributed by atoms with Gasteiger partial charge in [-0.15, -0.1) is 0 Å². The summed E-state index contributed by atoms with van der Waals surface area (Å²) in [5, 5.41) is 12.2. The van der Waals surface area contributed by atoms with Crippen molar-refractivity contribution >= 4 is 17.3 Å². The third-order valence-corrected chi connectivity index (χ3v) is 3.99. The molecule has 2 unspecified atom stereocenters. The number of aliphatic hydroxyl groups excluding tert-OH is 1. The summed E-state index contributed by atoms with van der Waals surface area (Å²) in [5.74, 6) is 0.425. The van der Waals surface area contributed by atoms with Crippen molar-refractivity contribution < 1.29 is 14.6 Å². The number of amides is 1. The summed E-state index contributed by atoms with van der Waals surface area (Å²) in [6.45, 7) is 2.77. The number of carbonyl (C=O) groups excluding carboxylic acids is 1. The minimum absolute atomic E-state index is 0.0686. The lowest BCUT2D eigenvalue weighted by Gasteiger charge is -2.28. The zero-order valence-corrected chi connectivity index (χ0v) is 12.5. The van der Waals surface area contributed by atoms with Gasteiger partial charge in [0.2, 0.25) is 5.91 Å². The van der Waals surface area contributed by atoms with Crippen LogP contribution >= 0.6 is 0 Å². The lowest BCUT2D eigenvalue weighted by molar-refractivity contribution is -0.121. The fourth-order valence-corrected chi connectivity index (χ4v) is 2.76. The first-order valence-corrected chi connectivity index (χ1v) is 7.17. The molecule has 0 aliphatic carbocycles. The molecule has 116 valence electrons. The first-order valence-electron chi connectivity index (χ1n) is 7.17. The third-order valence-electron chi connectivity index (χ3n) is 3.99. The summed E-state index contributed by atoms with van der Waals surface area (Å²) in [7, 11) is 1.54. The van der Waals surface area contributed by atoms with E-state index in [0.29, 0.717) is 17.1 Å². The van der Waals surface area contributed by atoms with E-state index in [2.05, 4.69) is 5.32 Å². The summed E-state index contributed by atoms with van der Waals surface area (Å²) < 4.78 is 5.23. The maximum Gasteiger partial charge on any atom is 0.241 e. The van der Waals surface area contributed by atoms with Crippen LogP contribution in [0.3, 0.4) is 0 Å². The molecule has 1 saturated heterocycles. The summed E-state index contributed by atoms with van der Waals surface area (Å²) in [4.78, 5) is 14.4. The molecule has 0 aromatic heterocycles. The minimum atomic E-state index is -0.299. The lowest BCUT2D eigenvalue weighted by Crippen LogP contribution is -2.45. The van der Waals surface area contributed by atoms with Crippen molar-refractivity contribution in [3.8, 4) is 5.75 Å². The van der Waals surface area contributed by atoms with Gasteiger partial charge in [0, 0.05) is 17.8 Å². The normalized spacial score (nSPS) is 20.2. The number of nitrogen functional groups attached to an aromatic ring is 1. The van der Waals surface area contributed by atoms with Gasteiger partial charge in [0.25, 0.3) is 0 Å². The average Bonchev–Trinajstić information content (AvgIpc) is 2.96. The molecule has 1 heterocycles. The van der Waals surface area contributed by atoms with Gasteiger partial charge in [-0.3, -0.25) is 9.69 Å². The molecule has 1 aromatic rings. The van der Waals surface area contributed by atoms with Gasteiger partial charge in [-0.2, -0.15) is 0 Å². The van der Waals surface area contributed by atoms with E-state index < -0.39 is 0 Å². The zero-order valence-electron chi connectivity index (χ0n) is 12.5. The van der Waals surface area contributed by atoms with Crippen LogP contribution in [0.15, 0.2) is 18.2 Å². The number of hydrogen-bond acceptors (Lipinski definition) is 5. The Morgan fingerprint density at radius 3 is 3.05 bits per heavy atom. The van der Waals surface area contributed by atoms with Crippen LogP contribution < -0.4 is 15.8 Å². The summed E-state index contributed by atoms with van der Waals surface area (Å²) in [6, 6.07) is 4.89. The van der Waals surface area contributed by atoms with Gasteiger partial charge < -0.3 is 20.9 Å². The Balaban J connectivity index is 2.07. The topological polar surface area (TPSA) is 87.8 Å². The van der Waals surface area contributed by atoms with Crippen molar-refractivity contribution in [2.24, 2.45) is 0 Å².